The van der Waals surface area contributed by atoms with Crippen molar-refractivity contribution in [2.24, 2.45) is 0 Å². The van der Waals surface area contributed by atoms with Crippen molar-refractivity contribution in [2.75, 3.05) is 5.75 Å². The van der Waals surface area contributed by atoms with E-state index < -0.39 is 15.8 Å². The van der Waals surface area contributed by atoms with Crippen molar-refractivity contribution < 1.29 is 18.3 Å². The van der Waals surface area contributed by atoms with Crippen LogP contribution in [0.15, 0.2) is 23.1 Å². The SMILES string of the molecule is CC#CCS(=O)(=O)c1cc(C(=O)O)ccc1Cl. The Morgan fingerprint density at radius 2 is 2.12 bits per heavy atom. The van der Waals surface area contributed by atoms with Gasteiger partial charge in [0.25, 0.3) is 0 Å². The van der Waals surface area contributed by atoms with Gasteiger partial charge < -0.3 is 5.11 Å². The third kappa shape index (κ3) is 3.22. The number of carbonyl (C=O) groups is 1. The van der Waals surface area contributed by atoms with Crippen LogP contribution >= 0.6 is 11.6 Å². The predicted octanol–water partition coefficient (Wildman–Crippen LogP) is 1.84. The van der Waals surface area contributed by atoms with Gasteiger partial charge in [-0.2, -0.15) is 0 Å². The second-order valence-electron chi connectivity index (χ2n) is 3.14. The standard InChI is InChI=1S/C11H9ClO4S/c1-2-3-6-17(15,16)10-7-8(11(13)14)4-5-9(10)12/h4-5,7H,6H2,1H3,(H,13,14). The zero-order chi connectivity index (χ0) is 13.1. The normalized spacial score (nSPS) is 10.5. The average Bonchev–Trinajstić information content (AvgIpc) is 2.26. The van der Waals surface area contributed by atoms with Crippen LogP contribution in [0.25, 0.3) is 0 Å². The molecule has 90 valence electrons. The lowest BCUT2D eigenvalue weighted by molar-refractivity contribution is 0.0696. The van der Waals surface area contributed by atoms with E-state index in [9.17, 15) is 13.2 Å². The van der Waals surface area contributed by atoms with Crippen molar-refractivity contribution in [3.63, 3.8) is 0 Å². The highest BCUT2D eigenvalue weighted by molar-refractivity contribution is 7.91. The predicted molar refractivity (Wildman–Crippen MR) is 63.9 cm³/mol. The van der Waals surface area contributed by atoms with Crippen LogP contribution in [0.2, 0.25) is 5.02 Å². The molecule has 0 aliphatic rings. The van der Waals surface area contributed by atoms with Gasteiger partial charge in [0.05, 0.1) is 15.5 Å². The molecule has 0 aliphatic heterocycles. The third-order valence-electron chi connectivity index (χ3n) is 1.95. The molecule has 0 saturated heterocycles. The highest BCUT2D eigenvalue weighted by Crippen LogP contribution is 2.23. The van der Waals surface area contributed by atoms with Gasteiger partial charge in [0.15, 0.2) is 9.84 Å². The fourth-order valence-corrected chi connectivity index (χ4v) is 2.75. The summed E-state index contributed by atoms with van der Waals surface area (Å²) in [7, 11) is -3.68. The molecule has 0 heterocycles. The molecule has 0 fully saturated rings. The largest absolute Gasteiger partial charge is 0.478 e. The van der Waals surface area contributed by atoms with Gasteiger partial charge in [-0.15, -0.1) is 5.92 Å². The molecule has 17 heavy (non-hydrogen) atoms. The Bertz CT molecular complexity index is 608. The van der Waals surface area contributed by atoms with Crippen molar-refractivity contribution >= 4 is 27.4 Å². The smallest absolute Gasteiger partial charge is 0.335 e. The van der Waals surface area contributed by atoms with E-state index in [2.05, 4.69) is 11.8 Å². The lowest BCUT2D eigenvalue weighted by Gasteiger charge is -2.04. The topological polar surface area (TPSA) is 71.4 Å². The van der Waals surface area contributed by atoms with Gasteiger partial charge in [-0.25, -0.2) is 13.2 Å². The van der Waals surface area contributed by atoms with Gasteiger partial charge in [0.2, 0.25) is 0 Å². The first-order valence-electron chi connectivity index (χ1n) is 4.53. The summed E-state index contributed by atoms with van der Waals surface area (Å²) in [5, 5.41) is 8.77. The zero-order valence-electron chi connectivity index (χ0n) is 8.90. The van der Waals surface area contributed by atoms with Crippen LogP contribution in [-0.4, -0.2) is 25.2 Å². The maximum absolute atomic E-state index is 11.8. The Labute approximate surface area is 104 Å². The summed E-state index contributed by atoms with van der Waals surface area (Å²) in [5.74, 6) is 3.29. The second-order valence-corrected chi connectivity index (χ2v) is 5.50. The Balaban J connectivity index is 3.33. The van der Waals surface area contributed by atoms with E-state index in [4.69, 9.17) is 16.7 Å². The number of aromatic carboxylic acids is 1. The number of benzene rings is 1. The number of hydrogen-bond acceptors (Lipinski definition) is 3. The van der Waals surface area contributed by atoms with E-state index >= 15 is 0 Å². The first kappa shape index (κ1) is 13.6. The Morgan fingerprint density at radius 1 is 1.47 bits per heavy atom. The van der Waals surface area contributed by atoms with E-state index in [-0.39, 0.29) is 21.2 Å². The molecule has 6 heteroatoms. The van der Waals surface area contributed by atoms with Crippen molar-refractivity contribution in [3.05, 3.63) is 28.8 Å². The van der Waals surface area contributed by atoms with Crippen molar-refractivity contribution in [1.29, 1.82) is 0 Å². The third-order valence-corrected chi connectivity index (χ3v) is 3.93. The van der Waals surface area contributed by atoms with Crippen LogP contribution in [0.3, 0.4) is 0 Å². The quantitative estimate of drug-likeness (QED) is 0.852. The molecule has 0 radical (unpaired) electrons. The minimum absolute atomic E-state index is 0.00657. The van der Waals surface area contributed by atoms with Crippen LogP contribution in [0.5, 0.6) is 0 Å². The van der Waals surface area contributed by atoms with Gasteiger partial charge >= 0.3 is 5.97 Å². The van der Waals surface area contributed by atoms with Crippen molar-refractivity contribution in [2.45, 2.75) is 11.8 Å². The van der Waals surface area contributed by atoms with Gasteiger partial charge in [-0.1, -0.05) is 17.5 Å². The summed E-state index contributed by atoms with van der Waals surface area (Å²) in [6.45, 7) is 1.52. The van der Waals surface area contributed by atoms with Crippen LogP contribution in [0, 0.1) is 11.8 Å². The van der Waals surface area contributed by atoms with E-state index in [1.54, 1.807) is 0 Å². The molecular weight excluding hydrogens is 264 g/mol. The van der Waals surface area contributed by atoms with E-state index in [0.29, 0.717) is 0 Å². The summed E-state index contributed by atoms with van der Waals surface area (Å²) in [5.41, 5.74) is -0.127. The second kappa shape index (κ2) is 5.21. The van der Waals surface area contributed by atoms with Crippen molar-refractivity contribution in [1.82, 2.24) is 0 Å². The lowest BCUT2D eigenvalue weighted by Crippen LogP contribution is -2.08. The molecule has 1 aromatic carbocycles. The van der Waals surface area contributed by atoms with Crippen LogP contribution < -0.4 is 0 Å². The van der Waals surface area contributed by atoms with E-state index in [1.165, 1.54) is 19.1 Å². The molecular formula is C11H9ClO4S. The zero-order valence-corrected chi connectivity index (χ0v) is 10.5. The summed E-state index contributed by atoms with van der Waals surface area (Å²) in [4.78, 5) is 10.5. The number of halogens is 1. The Morgan fingerprint density at radius 3 is 2.65 bits per heavy atom. The van der Waals surface area contributed by atoms with E-state index in [1.807, 2.05) is 0 Å². The molecule has 0 unspecified atom stereocenters. The molecule has 0 bridgehead atoms. The molecule has 0 amide bonds. The summed E-state index contributed by atoms with van der Waals surface area (Å²) >= 11 is 5.74. The van der Waals surface area contributed by atoms with Crippen LogP contribution in [0.4, 0.5) is 0 Å². The number of carboxylic acids is 1. The molecule has 0 spiro atoms. The summed E-state index contributed by atoms with van der Waals surface area (Å²) in [6.07, 6.45) is 0. The fourth-order valence-electron chi connectivity index (χ4n) is 1.12. The average molecular weight is 273 g/mol. The monoisotopic (exact) mass is 272 g/mol. The number of rotatable bonds is 3. The maximum atomic E-state index is 11.8. The van der Waals surface area contributed by atoms with Gasteiger partial charge in [0.1, 0.15) is 5.75 Å². The molecule has 1 rings (SSSR count). The number of sulfone groups is 1. The van der Waals surface area contributed by atoms with Gasteiger partial charge in [-0.05, 0) is 25.1 Å². The van der Waals surface area contributed by atoms with Crippen LogP contribution in [-0.2, 0) is 9.84 Å². The number of carboxylic acid groups (broad SMARTS) is 1. The minimum Gasteiger partial charge on any atom is -0.478 e. The van der Waals surface area contributed by atoms with Gasteiger partial charge in [0, 0.05) is 0 Å². The Kier molecular flexibility index (Phi) is 4.16. The number of hydrogen-bond donors (Lipinski definition) is 1. The molecule has 4 nitrogen and oxygen atoms in total. The summed E-state index contributed by atoms with van der Waals surface area (Å²) < 4.78 is 23.6. The first-order valence-corrected chi connectivity index (χ1v) is 6.56. The highest BCUT2D eigenvalue weighted by Gasteiger charge is 2.19. The molecule has 0 aromatic heterocycles. The summed E-state index contributed by atoms with van der Waals surface area (Å²) in [6, 6.07) is 3.53. The molecule has 1 aromatic rings. The van der Waals surface area contributed by atoms with Gasteiger partial charge in [-0.3, -0.25) is 0 Å². The minimum atomic E-state index is -3.68. The fraction of sp³-hybridized carbons (Fsp3) is 0.182. The molecule has 0 saturated carbocycles. The van der Waals surface area contributed by atoms with Crippen LogP contribution in [0.1, 0.15) is 17.3 Å². The first-order chi connectivity index (χ1) is 7.88. The maximum Gasteiger partial charge on any atom is 0.335 e. The van der Waals surface area contributed by atoms with E-state index in [0.717, 1.165) is 6.07 Å². The van der Waals surface area contributed by atoms with Crippen molar-refractivity contribution in [3.8, 4) is 11.8 Å². The molecule has 0 atom stereocenters. The highest BCUT2D eigenvalue weighted by atomic mass is 35.5. The molecule has 0 aliphatic carbocycles. The Hall–Kier alpha value is -1.51. The molecule has 1 N–H and O–H groups in total. The lowest BCUT2D eigenvalue weighted by atomic mass is 10.2.